The van der Waals surface area contributed by atoms with Gasteiger partial charge in [0.25, 0.3) is 5.91 Å². The lowest BCUT2D eigenvalue weighted by Crippen LogP contribution is -2.40. The van der Waals surface area contributed by atoms with Gasteiger partial charge in [-0.1, -0.05) is 6.07 Å². The fourth-order valence-electron chi connectivity index (χ4n) is 4.19. The highest BCUT2D eigenvalue weighted by Crippen LogP contribution is 2.40. The third kappa shape index (κ3) is 3.87. The van der Waals surface area contributed by atoms with Gasteiger partial charge in [0.05, 0.1) is 17.2 Å². The minimum Gasteiger partial charge on any atom is -0.481 e. The molecule has 0 saturated heterocycles. The van der Waals surface area contributed by atoms with Gasteiger partial charge < -0.3 is 20.7 Å². The number of nitrogen functional groups attached to an aromatic ring is 1. The number of carbonyl (C=O) groups is 1. The molecule has 5 rings (SSSR count). The molecule has 0 bridgehead atoms. The first kappa shape index (κ1) is 19.6. The summed E-state index contributed by atoms with van der Waals surface area (Å²) in [5.41, 5.74) is 10.6. The molecule has 1 aliphatic heterocycles. The van der Waals surface area contributed by atoms with Crippen molar-refractivity contribution >= 4 is 34.0 Å². The van der Waals surface area contributed by atoms with Gasteiger partial charge in [0.15, 0.2) is 6.61 Å². The maximum absolute atomic E-state index is 12.6. The molecule has 3 aromatic rings. The minimum absolute atomic E-state index is 0.00354. The van der Waals surface area contributed by atoms with Crippen molar-refractivity contribution in [1.82, 2.24) is 9.97 Å². The highest BCUT2D eigenvalue weighted by molar-refractivity contribution is 6.02. The van der Waals surface area contributed by atoms with E-state index >= 15 is 0 Å². The molecular weight excluding hydrogens is 390 g/mol. The lowest BCUT2D eigenvalue weighted by atomic mass is 10.0. The zero-order chi connectivity index (χ0) is 21.7. The Balaban J connectivity index is 1.56. The van der Waals surface area contributed by atoms with Crippen LogP contribution in [0.3, 0.4) is 0 Å². The molecule has 1 saturated carbocycles. The largest absolute Gasteiger partial charge is 0.481 e. The van der Waals surface area contributed by atoms with Crippen molar-refractivity contribution in [1.29, 1.82) is 0 Å². The van der Waals surface area contributed by atoms with Crippen LogP contribution in [0, 0.1) is 19.8 Å². The average molecular weight is 418 g/mol. The number of carbonyl (C=O) groups excluding carboxylic acids is 1. The van der Waals surface area contributed by atoms with Gasteiger partial charge >= 0.3 is 0 Å². The van der Waals surface area contributed by atoms with E-state index in [2.05, 4.69) is 28.3 Å². The summed E-state index contributed by atoms with van der Waals surface area (Å²) in [7, 11) is 0. The monoisotopic (exact) mass is 417 g/mol. The van der Waals surface area contributed by atoms with Gasteiger partial charge in [-0.2, -0.15) is 0 Å². The van der Waals surface area contributed by atoms with E-state index in [-0.39, 0.29) is 18.6 Å². The molecule has 2 heterocycles. The zero-order valence-corrected chi connectivity index (χ0v) is 18.1. The molecule has 0 unspecified atom stereocenters. The maximum atomic E-state index is 12.6. The Morgan fingerprint density at radius 2 is 2.00 bits per heavy atom. The first-order chi connectivity index (χ1) is 14.9. The van der Waals surface area contributed by atoms with Gasteiger partial charge in [0, 0.05) is 23.7 Å². The molecule has 7 nitrogen and oxygen atoms in total. The van der Waals surface area contributed by atoms with Crippen LogP contribution in [-0.4, -0.2) is 29.0 Å². The SMILES string of the molecule is Cc1cc(N)cc([C@@H](C)Nc2nc(C)nc3cc4c(cc23)N(CC2CC2)C(=O)CO4)c1. The molecule has 1 fully saturated rings. The minimum atomic E-state index is -0.00354. The van der Waals surface area contributed by atoms with Gasteiger partial charge in [-0.25, -0.2) is 9.97 Å². The van der Waals surface area contributed by atoms with Gasteiger partial charge in [0.2, 0.25) is 0 Å². The normalized spacial score (nSPS) is 16.7. The molecule has 0 spiro atoms. The Labute approximate surface area is 181 Å². The van der Waals surface area contributed by atoms with Crippen LogP contribution in [-0.2, 0) is 4.79 Å². The van der Waals surface area contributed by atoms with Crippen LogP contribution in [0.2, 0.25) is 0 Å². The predicted molar refractivity (Wildman–Crippen MR) is 122 cm³/mol. The third-order valence-corrected chi connectivity index (χ3v) is 5.94. The Bertz CT molecular complexity index is 1170. The molecular formula is C24H27N5O2. The summed E-state index contributed by atoms with van der Waals surface area (Å²) in [5, 5.41) is 4.40. The number of benzene rings is 2. The van der Waals surface area contributed by atoms with E-state index in [9.17, 15) is 4.79 Å². The molecule has 1 aromatic heterocycles. The Kier molecular flexibility index (Phi) is 4.68. The van der Waals surface area contributed by atoms with E-state index < -0.39 is 0 Å². The van der Waals surface area contributed by atoms with E-state index in [1.165, 1.54) is 12.8 Å². The number of nitrogens with one attached hydrogen (secondary N) is 1. The highest BCUT2D eigenvalue weighted by atomic mass is 16.5. The number of nitrogens with two attached hydrogens (primary N) is 1. The lowest BCUT2D eigenvalue weighted by Gasteiger charge is -2.30. The number of aromatic nitrogens is 2. The second kappa shape index (κ2) is 7.41. The molecule has 2 aromatic carbocycles. The van der Waals surface area contributed by atoms with E-state index in [1.54, 1.807) is 0 Å². The summed E-state index contributed by atoms with van der Waals surface area (Å²) < 4.78 is 5.75. The molecule has 1 aliphatic carbocycles. The number of fused-ring (bicyclic) bond motifs is 2. The van der Waals surface area contributed by atoms with E-state index in [0.29, 0.717) is 17.5 Å². The number of hydrogen-bond acceptors (Lipinski definition) is 6. The Morgan fingerprint density at radius 3 is 2.74 bits per heavy atom. The quantitative estimate of drug-likeness (QED) is 0.606. The number of nitrogens with zero attached hydrogens (tertiary/aromatic N) is 3. The molecule has 1 amide bonds. The summed E-state index contributed by atoms with van der Waals surface area (Å²) in [6.45, 7) is 6.82. The van der Waals surface area contributed by atoms with E-state index in [0.717, 1.165) is 45.8 Å². The van der Waals surface area contributed by atoms with Crippen LogP contribution in [0.15, 0.2) is 30.3 Å². The number of hydrogen-bond donors (Lipinski definition) is 2. The summed E-state index contributed by atoms with van der Waals surface area (Å²) >= 11 is 0. The number of ether oxygens (including phenoxy) is 1. The van der Waals surface area contributed by atoms with Crippen LogP contribution in [0.25, 0.3) is 10.9 Å². The smallest absolute Gasteiger partial charge is 0.265 e. The third-order valence-electron chi connectivity index (χ3n) is 5.94. The van der Waals surface area contributed by atoms with Crippen molar-refractivity contribution in [3.63, 3.8) is 0 Å². The zero-order valence-electron chi connectivity index (χ0n) is 18.1. The van der Waals surface area contributed by atoms with Crippen molar-refractivity contribution in [3.05, 3.63) is 47.3 Å². The molecule has 160 valence electrons. The van der Waals surface area contributed by atoms with Crippen LogP contribution in [0.5, 0.6) is 5.75 Å². The Morgan fingerprint density at radius 1 is 1.19 bits per heavy atom. The summed E-state index contributed by atoms with van der Waals surface area (Å²) in [6.07, 6.45) is 2.36. The van der Waals surface area contributed by atoms with Crippen molar-refractivity contribution in [2.24, 2.45) is 5.92 Å². The first-order valence-electron chi connectivity index (χ1n) is 10.8. The first-order valence-corrected chi connectivity index (χ1v) is 10.8. The molecule has 1 atom stereocenters. The van der Waals surface area contributed by atoms with E-state index in [1.807, 2.05) is 43.0 Å². The molecule has 2 aliphatic rings. The van der Waals surface area contributed by atoms with Crippen LogP contribution in [0.4, 0.5) is 17.2 Å². The second-order valence-corrected chi connectivity index (χ2v) is 8.74. The Hall–Kier alpha value is -3.35. The van der Waals surface area contributed by atoms with Crippen molar-refractivity contribution in [3.8, 4) is 5.75 Å². The van der Waals surface area contributed by atoms with Crippen molar-refractivity contribution < 1.29 is 9.53 Å². The number of aryl methyl sites for hydroxylation is 2. The predicted octanol–water partition coefficient (Wildman–Crippen LogP) is 4.14. The van der Waals surface area contributed by atoms with Gasteiger partial charge in [0.1, 0.15) is 17.4 Å². The summed E-state index contributed by atoms with van der Waals surface area (Å²) in [6, 6.07) is 9.96. The molecule has 7 heteroatoms. The maximum Gasteiger partial charge on any atom is 0.265 e. The van der Waals surface area contributed by atoms with Gasteiger partial charge in [-0.05, 0) is 68.9 Å². The van der Waals surface area contributed by atoms with Gasteiger partial charge in [-0.3, -0.25) is 4.79 Å². The van der Waals surface area contributed by atoms with Crippen LogP contribution >= 0.6 is 0 Å². The van der Waals surface area contributed by atoms with E-state index in [4.69, 9.17) is 10.5 Å². The molecule has 0 radical (unpaired) electrons. The average Bonchev–Trinajstić information content (AvgIpc) is 3.52. The topological polar surface area (TPSA) is 93.4 Å². The fraction of sp³-hybridized carbons (Fsp3) is 0.375. The van der Waals surface area contributed by atoms with Crippen molar-refractivity contribution in [2.45, 2.75) is 39.7 Å². The lowest BCUT2D eigenvalue weighted by molar-refractivity contribution is -0.121. The van der Waals surface area contributed by atoms with Crippen LogP contribution < -0.4 is 20.7 Å². The van der Waals surface area contributed by atoms with Crippen LogP contribution in [0.1, 0.15) is 42.8 Å². The second-order valence-electron chi connectivity index (χ2n) is 8.74. The summed E-state index contributed by atoms with van der Waals surface area (Å²) in [4.78, 5) is 23.7. The fourth-order valence-corrected chi connectivity index (χ4v) is 4.19. The standard InChI is InChI=1S/C24H27N5O2/c1-13-6-17(8-18(25)7-13)14(2)26-24-19-9-21-22(10-20(19)27-15(3)28-24)31-12-23(30)29(21)11-16-4-5-16/h6-10,14,16H,4-5,11-12,25H2,1-3H3,(H,26,27,28)/t14-/m1/s1. The number of rotatable bonds is 5. The summed E-state index contributed by atoms with van der Waals surface area (Å²) in [5.74, 6) is 2.71. The van der Waals surface area contributed by atoms with Crippen molar-refractivity contribution in [2.75, 3.05) is 29.1 Å². The highest BCUT2D eigenvalue weighted by Gasteiger charge is 2.32. The molecule has 3 N–H and O–H groups in total. The number of anilines is 3. The van der Waals surface area contributed by atoms with Gasteiger partial charge in [-0.15, -0.1) is 0 Å². The number of amides is 1. The molecule has 31 heavy (non-hydrogen) atoms.